The van der Waals surface area contributed by atoms with Gasteiger partial charge in [-0.05, 0) is 56.5 Å². The van der Waals surface area contributed by atoms with Gasteiger partial charge in [-0.25, -0.2) is 8.78 Å². The van der Waals surface area contributed by atoms with Crippen molar-refractivity contribution in [3.8, 4) is 0 Å². The normalized spacial score (nSPS) is 23.8. The van der Waals surface area contributed by atoms with Crippen molar-refractivity contribution >= 4 is 5.91 Å². The number of hydrogen-bond donors (Lipinski definition) is 0. The summed E-state index contributed by atoms with van der Waals surface area (Å²) in [5.41, 5.74) is 0.645. The first-order chi connectivity index (χ1) is 10.6. The van der Waals surface area contributed by atoms with Crippen LogP contribution < -0.4 is 0 Å². The Hall–Kier alpha value is -1.49. The maximum Gasteiger partial charge on any atom is 0.222 e. The molecule has 3 rings (SSSR count). The summed E-state index contributed by atoms with van der Waals surface area (Å²) in [6.07, 6.45) is 4.93. The van der Waals surface area contributed by atoms with Crippen molar-refractivity contribution in [3.63, 3.8) is 0 Å². The lowest BCUT2D eigenvalue weighted by Crippen LogP contribution is -2.34. The van der Waals surface area contributed by atoms with Gasteiger partial charge in [0.15, 0.2) is 11.6 Å². The van der Waals surface area contributed by atoms with E-state index in [0.717, 1.165) is 32.0 Å². The van der Waals surface area contributed by atoms with E-state index < -0.39 is 11.6 Å². The van der Waals surface area contributed by atoms with E-state index in [1.54, 1.807) is 11.0 Å². The number of hydrogen-bond acceptors (Lipinski definition) is 2. The second kappa shape index (κ2) is 6.73. The molecule has 2 aliphatic rings. The fourth-order valence-corrected chi connectivity index (χ4v) is 3.52. The van der Waals surface area contributed by atoms with E-state index in [4.69, 9.17) is 0 Å². The van der Waals surface area contributed by atoms with Crippen LogP contribution in [0.15, 0.2) is 18.2 Å². The molecule has 2 saturated heterocycles. The van der Waals surface area contributed by atoms with Gasteiger partial charge in [0.1, 0.15) is 0 Å². The maximum absolute atomic E-state index is 13.3. The zero-order chi connectivity index (χ0) is 15.5. The van der Waals surface area contributed by atoms with Crippen LogP contribution in [-0.2, 0) is 11.3 Å². The van der Waals surface area contributed by atoms with Crippen LogP contribution in [0.4, 0.5) is 8.78 Å². The highest BCUT2D eigenvalue weighted by Crippen LogP contribution is 2.23. The Morgan fingerprint density at radius 1 is 1.05 bits per heavy atom. The SMILES string of the molecule is O=C1CCC(N2CCCC2)CCN1Cc1ccc(F)c(F)c1. The van der Waals surface area contributed by atoms with Crippen LogP contribution in [0.1, 0.15) is 37.7 Å². The van der Waals surface area contributed by atoms with E-state index in [0.29, 0.717) is 31.1 Å². The van der Waals surface area contributed by atoms with Crippen LogP contribution in [0.25, 0.3) is 0 Å². The van der Waals surface area contributed by atoms with Crippen molar-refractivity contribution in [2.75, 3.05) is 19.6 Å². The molecular weight excluding hydrogens is 286 g/mol. The van der Waals surface area contributed by atoms with E-state index in [2.05, 4.69) is 4.90 Å². The molecule has 1 unspecified atom stereocenters. The van der Waals surface area contributed by atoms with Crippen molar-refractivity contribution in [2.24, 2.45) is 0 Å². The van der Waals surface area contributed by atoms with Gasteiger partial charge in [0.05, 0.1) is 0 Å². The fraction of sp³-hybridized carbons (Fsp3) is 0.588. The number of carbonyl (C=O) groups excluding carboxylic acids is 1. The van der Waals surface area contributed by atoms with Crippen LogP contribution >= 0.6 is 0 Å². The summed E-state index contributed by atoms with van der Waals surface area (Å²) in [5, 5.41) is 0. The second-order valence-corrected chi connectivity index (χ2v) is 6.29. The van der Waals surface area contributed by atoms with E-state index in [1.807, 2.05) is 0 Å². The summed E-state index contributed by atoms with van der Waals surface area (Å²) in [4.78, 5) is 16.5. The van der Waals surface area contributed by atoms with Crippen LogP contribution in [0, 0.1) is 11.6 Å². The molecule has 0 aliphatic carbocycles. The lowest BCUT2D eigenvalue weighted by atomic mass is 10.1. The Bertz CT molecular complexity index is 543. The highest BCUT2D eigenvalue weighted by atomic mass is 19.2. The number of halogens is 2. The van der Waals surface area contributed by atoms with Gasteiger partial charge in [-0.1, -0.05) is 6.07 Å². The molecule has 0 radical (unpaired) electrons. The molecule has 22 heavy (non-hydrogen) atoms. The third-order valence-corrected chi connectivity index (χ3v) is 4.79. The highest BCUT2D eigenvalue weighted by molar-refractivity contribution is 5.76. The van der Waals surface area contributed by atoms with Crippen LogP contribution in [0.3, 0.4) is 0 Å². The predicted molar refractivity (Wildman–Crippen MR) is 80.2 cm³/mol. The van der Waals surface area contributed by atoms with E-state index >= 15 is 0 Å². The first-order valence-electron chi connectivity index (χ1n) is 8.09. The molecule has 0 aromatic heterocycles. The fourth-order valence-electron chi connectivity index (χ4n) is 3.52. The number of nitrogens with zero attached hydrogens (tertiary/aromatic N) is 2. The highest BCUT2D eigenvalue weighted by Gasteiger charge is 2.27. The van der Waals surface area contributed by atoms with Gasteiger partial charge >= 0.3 is 0 Å². The van der Waals surface area contributed by atoms with Crippen molar-refractivity contribution in [2.45, 2.75) is 44.7 Å². The molecule has 120 valence electrons. The minimum Gasteiger partial charge on any atom is -0.338 e. The number of amides is 1. The van der Waals surface area contributed by atoms with Gasteiger partial charge in [0, 0.05) is 25.6 Å². The Labute approximate surface area is 129 Å². The standard InChI is InChI=1S/C17H22F2N2O/c18-15-5-3-13(11-16(15)19)12-21-10-7-14(4-6-17(21)22)20-8-1-2-9-20/h3,5,11,14H,1-2,4,6-10,12H2. The summed E-state index contributed by atoms with van der Waals surface area (Å²) in [5.74, 6) is -1.58. The van der Waals surface area contributed by atoms with Gasteiger partial charge in [0.2, 0.25) is 5.91 Å². The summed E-state index contributed by atoms with van der Waals surface area (Å²) in [6, 6.07) is 4.35. The Balaban J connectivity index is 1.63. The van der Waals surface area contributed by atoms with Crippen molar-refractivity contribution in [3.05, 3.63) is 35.4 Å². The van der Waals surface area contributed by atoms with Crippen LogP contribution in [0.5, 0.6) is 0 Å². The lowest BCUT2D eigenvalue weighted by molar-refractivity contribution is -0.131. The summed E-state index contributed by atoms with van der Waals surface area (Å²) < 4.78 is 26.3. The van der Waals surface area contributed by atoms with Crippen molar-refractivity contribution in [1.82, 2.24) is 9.80 Å². The van der Waals surface area contributed by atoms with Gasteiger partial charge in [-0.15, -0.1) is 0 Å². The molecule has 1 amide bonds. The summed E-state index contributed by atoms with van der Waals surface area (Å²) >= 11 is 0. The molecule has 1 atom stereocenters. The molecule has 1 aromatic rings. The minimum absolute atomic E-state index is 0.117. The quantitative estimate of drug-likeness (QED) is 0.857. The van der Waals surface area contributed by atoms with Crippen molar-refractivity contribution < 1.29 is 13.6 Å². The van der Waals surface area contributed by atoms with E-state index in [-0.39, 0.29) is 5.91 Å². The predicted octanol–water partition coefficient (Wildman–Crippen LogP) is 2.94. The van der Waals surface area contributed by atoms with Gasteiger partial charge in [0.25, 0.3) is 0 Å². The average molecular weight is 308 g/mol. The number of benzene rings is 1. The van der Waals surface area contributed by atoms with Crippen LogP contribution in [-0.4, -0.2) is 41.4 Å². The Morgan fingerprint density at radius 2 is 1.82 bits per heavy atom. The molecule has 2 aliphatic heterocycles. The summed E-state index contributed by atoms with van der Waals surface area (Å²) in [6.45, 7) is 3.34. The Morgan fingerprint density at radius 3 is 2.55 bits per heavy atom. The molecule has 0 saturated carbocycles. The third kappa shape index (κ3) is 3.46. The topological polar surface area (TPSA) is 23.6 Å². The number of likely N-dealkylation sites (tertiary alicyclic amines) is 2. The largest absolute Gasteiger partial charge is 0.338 e. The zero-order valence-corrected chi connectivity index (χ0v) is 12.7. The number of carbonyl (C=O) groups is 1. The third-order valence-electron chi connectivity index (χ3n) is 4.79. The van der Waals surface area contributed by atoms with Gasteiger partial charge in [-0.3, -0.25) is 4.79 Å². The lowest BCUT2D eigenvalue weighted by Gasteiger charge is -2.26. The molecule has 5 heteroatoms. The number of rotatable bonds is 3. The minimum atomic E-state index is -0.852. The molecule has 0 N–H and O–H groups in total. The van der Waals surface area contributed by atoms with E-state index in [9.17, 15) is 13.6 Å². The first-order valence-corrected chi connectivity index (χ1v) is 8.09. The monoisotopic (exact) mass is 308 g/mol. The molecule has 1 aromatic carbocycles. The van der Waals surface area contributed by atoms with Gasteiger partial charge in [-0.2, -0.15) is 0 Å². The van der Waals surface area contributed by atoms with E-state index in [1.165, 1.54) is 18.9 Å². The molecule has 3 nitrogen and oxygen atoms in total. The Kier molecular flexibility index (Phi) is 4.71. The average Bonchev–Trinajstić information content (AvgIpc) is 2.97. The maximum atomic E-state index is 13.3. The zero-order valence-electron chi connectivity index (χ0n) is 12.7. The molecule has 0 bridgehead atoms. The van der Waals surface area contributed by atoms with Crippen molar-refractivity contribution in [1.29, 1.82) is 0 Å². The van der Waals surface area contributed by atoms with Crippen LogP contribution in [0.2, 0.25) is 0 Å². The smallest absolute Gasteiger partial charge is 0.222 e. The second-order valence-electron chi connectivity index (χ2n) is 6.29. The van der Waals surface area contributed by atoms with Gasteiger partial charge < -0.3 is 9.80 Å². The molecule has 2 fully saturated rings. The molecule has 2 heterocycles. The molecular formula is C17H22F2N2O. The first kappa shape index (κ1) is 15.4. The molecule has 0 spiro atoms. The summed E-state index contributed by atoms with van der Waals surface area (Å²) in [7, 11) is 0.